The highest BCUT2D eigenvalue weighted by Gasteiger charge is 2.14. The maximum absolute atomic E-state index is 12.4. The number of benzene rings is 1. The number of carbonyl (C=O) groups is 1. The molecule has 0 fully saturated rings. The number of fused-ring (bicyclic) bond motifs is 1. The molecule has 26 heavy (non-hydrogen) atoms. The van der Waals surface area contributed by atoms with Crippen molar-refractivity contribution in [1.29, 1.82) is 0 Å². The number of nitrogens with zero attached hydrogens (tertiary/aromatic N) is 4. The van der Waals surface area contributed by atoms with Crippen molar-refractivity contribution < 1.29 is 13.2 Å². The summed E-state index contributed by atoms with van der Waals surface area (Å²) in [6.45, 7) is 3.81. The highest BCUT2D eigenvalue weighted by Crippen LogP contribution is 2.18. The molecule has 0 aliphatic rings. The second-order valence-electron chi connectivity index (χ2n) is 6.07. The molecule has 0 aliphatic heterocycles. The molecule has 2 aromatic heterocycles. The number of amides is 1. The van der Waals surface area contributed by atoms with Gasteiger partial charge in [-0.1, -0.05) is 0 Å². The van der Waals surface area contributed by atoms with Crippen molar-refractivity contribution in [3.8, 4) is 0 Å². The van der Waals surface area contributed by atoms with Gasteiger partial charge in [0.1, 0.15) is 0 Å². The van der Waals surface area contributed by atoms with Crippen LogP contribution in [0.1, 0.15) is 21.7 Å². The molecule has 1 aromatic carbocycles. The molecule has 0 bridgehead atoms. The first-order valence-electron chi connectivity index (χ1n) is 7.84. The first-order valence-corrected chi connectivity index (χ1v) is 9.69. The Morgan fingerprint density at radius 2 is 1.81 bits per heavy atom. The Kier molecular flexibility index (Phi) is 4.41. The number of anilines is 2. The number of nitrogens with one attached hydrogen (secondary N) is 1. The number of hydrogen-bond donors (Lipinski definition) is 1. The van der Waals surface area contributed by atoms with E-state index in [4.69, 9.17) is 0 Å². The minimum Gasteiger partial charge on any atom is -0.305 e. The minimum absolute atomic E-state index is 0.337. The minimum atomic E-state index is -3.35. The zero-order chi connectivity index (χ0) is 19.1. The summed E-state index contributed by atoms with van der Waals surface area (Å²) in [5, 5.41) is 7.06. The van der Waals surface area contributed by atoms with Crippen LogP contribution in [0.15, 0.2) is 36.4 Å². The van der Waals surface area contributed by atoms with E-state index in [1.54, 1.807) is 34.8 Å². The van der Waals surface area contributed by atoms with Crippen LogP contribution in [0, 0.1) is 13.8 Å². The predicted octanol–water partition coefficient (Wildman–Crippen LogP) is 1.99. The van der Waals surface area contributed by atoms with Crippen molar-refractivity contribution >= 4 is 33.1 Å². The molecule has 136 valence electrons. The monoisotopic (exact) mass is 373 g/mol. The largest absolute Gasteiger partial charge is 0.305 e. The molecule has 0 unspecified atom stereocenters. The Hall–Kier alpha value is -2.94. The maximum Gasteiger partial charge on any atom is 0.256 e. The Bertz CT molecular complexity index is 1090. The van der Waals surface area contributed by atoms with Crippen LogP contribution in [0.5, 0.6) is 0 Å². The van der Waals surface area contributed by atoms with Gasteiger partial charge in [0.05, 0.1) is 11.9 Å². The summed E-state index contributed by atoms with van der Waals surface area (Å²) in [6.07, 6.45) is 1.12. The molecule has 8 nitrogen and oxygen atoms in total. The molecular formula is C17H19N5O3S. The normalized spacial score (nSPS) is 11.5. The zero-order valence-corrected chi connectivity index (χ0v) is 15.7. The fraction of sp³-hybridized carbons (Fsp3) is 0.235. The maximum atomic E-state index is 12.4. The summed E-state index contributed by atoms with van der Waals surface area (Å²) in [5.74, 6) is 0.0601. The SMILES string of the molecule is Cc1cc(C)n2nc(NC(=O)c3ccc(N(C)S(C)(=O)=O)cc3)cc2n1. The van der Waals surface area contributed by atoms with Crippen molar-refractivity contribution in [3.63, 3.8) is 0 Å². The molecule has 0 saturated heterocycles. The summed E-state index contributed by atoms with van der Waals surface area (Å²) in [7, 11) is -1.89. The summed E-state index contributed by atoms with van der Waals surface area (Å²) >= 11 is 0. The van der Waals surface area contributed by atoms with Crippen LogP contribution in [0.4, 0.5) is 11.5 Å². The number of hydrogen-bond acceptors (Lipinski definition) is 5. The third-order valence-electron chi connectivity index (χ3n) is 3.97. The molecule has 9 heteroatoms. The van der Waals surface area contributed by atoms with Crippen LogP contribution in [-0.4, -0.2) is 42.2 Å². The number of aryl methyl sites for hydroxylation is 2. The topological polar surface area (TPSA) is 96.7 Å². The van der Waals surface area contributed by atoms with Gasteiger partial charge in [0, 0.05) is 30.1 Å². The van der Waals surface area contributed by atoms with E-state index in [0.29, 0.717) is 22.7 Å². The Morgan fingerprint density at radius 1 is 1.15 bits per heavy atom. The molecule has 1 amide bonds. The van der Waals surface area contributed by atoms with Gasteiger partial charge >= 0.3 is 0 Å². The first-order chi connectivity index (χ1) is 12.1. The molecule has 1 N–H and O–H groups in total. The van der Waals surface area contributed by atoms with Gasteiger partial charge in [0.25, 0.3) is 5.91 Å². The van der Waals surface area contributed by atoms with Crippen LogP contribution in [-0.2, 0) is 10.0 Å². The highest BCUT2D eigenvalue weighted by atomic mass is 32.2. The second kappa shape index (κ2) is 6.41. The van der Waals surface area contributed by atoms with Crippen LogP contribution in [0.3, 0.4) is 0 Å². The predicted molar refractivity (Wildman–Crippen MR) is 100 cm³/mol. The smallest absolute Gasteiger partial charge is 0.256 e. The number of carbonyl (C=O) groups excluding carboxylic acids is 1. The van der Waals surface area contributed by atoms with Crippen molar-refractivity contribution in [2.75, 3.05) is 22.9 Å². The Balaban J connectivity index is 1.81. The number of rotatable bonds is 4. The summed E-state index contributed by atoms with van der Waals surface area (Å²) in [6, 6.07) is 9.89. The van der Waals surface area contributed by atoms with Gasteiger partial charge in [0.15, 0.2) is 11.5 Å². The molecule has 2 heterocycles. The fourth-order valence-electron chi connectivity index (χ4n) is 2.55. The molecule has 0 aliphatic carbocycles. The standard InChI is InChI=1S/C17H19N5O3S/c1-11-9-12(2)22-16(18-11)10-15(20-22)19-17(23)13-5-7-14(8-6-13)21(3)26(4,24)25/h5-10H,1-4H3,(H,19,20,23). The third-order valence-corrected chi connectivity index (χ3v) is 5.17. The van der Waals surface area contributed by atoms with Crippen molar-refractivity contribution in [1.82, 2.24) is 14.6 Å². The number of aromatic nitrogens is 3. The molecular weight excluding hydrogens is 354 g/mol. The molecule has 0 spiro atoms. The lowest BCUT2D eigenvalue weighted by atomic mass is 10.2. The average molecular weight is 373 g/mol. The lowest BCUT2D eigenvalue weighted by molar-refractivity contribution is 0.102. The van der Waals surface area contributed by atoms with Gasteiger partial charge in [-0.05, 0) is 44.2 Å². The van der Waals surface area contributed by atoms with E-state index in [1.807, 2.05) is 19.9 Å². The van der Waals surface area contributed by atoms with E-state index < -0.39 is 10.0 Å². The molecule has 3 aromatic rings. The lowest BCUT2D eigenvalue weighted by Crippen LogP contribution is -2.24. The second-order valence-corrected chi connectivity index (χ2v) is 8.08. The van der Waals surface area contributed by atoms with E-state index >= 15 is 0 Å². The fourth-order valence-corrected chi connectivity index (χ4v) is 3.06. The Morgan fingerprint density at radius 3 is 2.42 bits per heavy atom. The van der Waals surface area contributed by atoms with Crippen molar-refractivity contribution in [2.45, 2.75) is 13.8 Å². The molecule has 0 atom stereocenters. The van der Waals surface area contributed by atoms with E-state index in [1.165, 1.54) is 7.05 Å². The van der Waals surface area contributed by atoms with Crippen LogP contribution >= 0.6 is 0 Å². The van der Waals surface area contributed by atoms with Gasteiger partial charge in [-0.25, -0.2) is 17.9 Å². The summed E-state index contributed by atoms with van der Waals surface area (Å²) in [4.78, 5) is 16.8. The molecule has 0 radical (unpaired) electrons. The quantitative estimate of drug-likeness (QED) is 0.754. The van der Waals surface area contributed by atoms with Crippen molar-refractivity contribution in [2.24, 2.45) is 0 Å². The van der Waals surface area contributed by atoms with E-state index in [-0.39, 0.29) is 5.91 Å². The van der Waals surface area contributed by atoms with Crippen molar-refractivity contribution in [3.05, 3.63) is 53.3 Å². The van der Waals surface area contributed by atoms with E-state index in [2.05, 4.69) is 15.4 Å². The summed E-state index contributed by atoms with van der Waals surface area (Å²) in [5.41, 5.74) is 3.32. The van der Waals surface area contributed by atoms with E-state index in [9.17, 15) is 13.2 Å². The summed E-state index contributed by atoms with van der Waals surface area (Å²) < 4.78 is 25.9. The molecule has 0 saturated carbocycles. The van der Waals surface area contributed by atoms with Gasteiger partial charge in [-0.15, -0.1) is 5.10 Å². The first kappa shape index (κ1) is 17.9. The van der Waals surface area contributed by atoms with Gasteiger partial charge in [-0.3, -0.25) is 9.10 Å². The van der Waals surface area contributed by atoms with Crippen LogP contribution in [0.2, 0.25) is 0 Å². The third kappa shape index (κ3) is 3.52. The Labute approximate surface area is 151 Å². The van der Waals surface area contributed by atoms with Crippen LogP contribution < -0.4 is 9.62 Å². The lowest BCUT2D eigenvalue weighted by Gasteiger charge is -2.16. The van der Waals surface area contributed by atoms with Gasteiger partial charge in [-0.2, -0.15) is 0 Å². The highest BCUT2D eigenvalue weighted by molar-refractivity contribution is 7.92. The van der Waals surface area contributed by atoms with Gasteiger partial charge in [0.2, 0.25) is 10.0 Å². The average Bonchev–Trinajstić information content (AvgIpc) is 2.96. The number of sulfonamides is 1. The van der Waals surface area contributed by atoms with Crippen LogP contribution in [0.25, 0.3) is 5.65 Å². The zero-order valence-electron chi connectivity index (χ0n) is 14.9. The van der Waals surface area contributed by atoms with E-state index in [0.717, 1.165) is 21.9 Å². The molecule has 3 rings (SSSR count). The van der Waals surface area contributed by atoms with Gasteiger partial charge < -0.3 is 5.32 Å².